The van der Waals surface area contributed by atoms with Crippen LogP contribution in [0.5, 0.6) is 5.75 Å². The molecule has 1 unspecified atom stereocenters. The number of rotatable bonds is 5. The molecule has 1 aliphatic carbocycles. The number of carbonyl (C=O) groups excluding carboxylic acids is 1. The van der Waals surface area contributed by atoms with E-state index in [1.807, 2.05) is 60.7 Å². The largest absolute Gasteiger partial charge is 0.484 e. The first kappa shape index (κ1) is 17.6. The van der Waals surface area contributed by atoms with Crippen LogP contribution in [0.25, 0.3) is 10.8 Å². The Kier molecular flexibility index (Phi) is 4.82. The average molecular weight is 361 g/mol. The first-order valence-corrected chi connectivity index (χ1v) is 9.29. The Balaban J connectivity index is 1.30. The van der Waals surface area contributed by atoms with Crippen LogP contribution in [-0.4, -0.2) is 29.8 Å². The van der Waals surface area contributed by atoms with Crippen molar-refractivity contribution in [3.63, 3.8) is 0 Å². The minimum Gasteiger partial charge on any atom is -0.484 e. The maximum atomic E-state index is 12.2. The van der Waals surface area contributed by atoms with Gasteiger partial charge in [0.15, 0.2) is 6.61 Å². The highest BCUT2D eigenvalue weighted by Gasteiger charge is 2.32. The van der Waals surface area contributed by atoms with Gasteiger partial charge in [-0.1, -0.05) is 54.6 Å². The van der Waals surface area contributed by atoms with E-state index in [0.717, 1.165) is 22.8 Å². The lowest BCUT2D eigenvalue weighted by atomic mass is 9.80. The van der Waals surface area contributed by atoms with Crippen molar-refractivity contribution in [2.75, 3.05) is 13.2 Å². The molecule has 0 saturated carbocycles. The van der Waals surface area contributed by atoms with Crippen molar-refractivity contribution in [2.45, 2.75) is 24.9 Å². The highest BCUT2D eigenvalue weighted by Crippen LogP contribution is 2.28. The van der Waals surface area contributed by atoms with E-state index in [4.69, 9.17) is 4.74 Å². The van der Waals surface area contributed by atoms with Gasteiger partial charge in [-0.2, -0.15) is 0 Å². The Morgan fingerprint density at radius 2 is 1.74 bits per heavy atom. The molecule has 0 spiro atoms. The molecule has 4 nitrogen and oxygen atoms in total. The fourth-order valence-electron chi connectivity index (χ4n) is 3.66. The predicted octanol–water partition coefficient (Wildman–Crippen LogP) is 3.25. The third kappa shape index (κ3) is 4.12. The van der Waals surface area contributed by atoms with E-state index in [0.29, 0.717) is 18.6 Å². The summed E-state index contributed by atoms with van der Waals surface area (Å²) in [6.07, 6.45) is 2.04. The Bertz CT molecular complexity index is 969. The maximum absolute atomic E-state index is 12.2. The smallest absolute Gasteiger partial charge is 0.258 e. The van der Waals surface area contributed by atoms with Gasteiger partial charge >= 0.3 is 0 Å². The van der Waals surface area contributed by atoms with Crippen LogP contribution < -0.4 is 10.1 Å². The number of amides is 1. The van der Waals surface area contributed by atoms with Gasteiger partial charge < -0.3 is 15.2 Å². The summed E-state index contributed by atoms with van der Waals surface area (Å²) in [6.45, 7) is 0.173. The van der Waals surface area contributed by atoms with E-state index in [1.54, 1.807) is 0 Å². The number of aryl methyl sites for hydroxylation is 1. The summed E-state index contributed by atoms with van der Waals surface area (Å²) in [6, 6.07) is 21.9. The third-order valence-electron chi connectivity index (χ3n) is 5.20. The summed E-state index contributed by atoms with van der Waals surface area (Å²) in [5, 5.41) is 15.8. The molecule has 4 heteroatoms. The van der Waals surface area contributed by atoms with Gasteiger partial charge in [0.1, 0.15) is 5.75 Å². The lowest BCUT2D eigenvalue weighted by Crippen LogP contribution is -2.47. The molecule has 3 aromatic carbocycles. The van der Waals surface area contributed by atoms with E-state index >= 15 is 0 Å². The van der Waals surface area contributed by atoms with Gasteiger partial charge in [-0.3, -0.25) is 4.79 Å². The lowest BCUT2D eigenvalue weighted by molar-refractivity contribution is -0.124. The third-order valence-corrected chi connectivity index (χ3v) is 5.20. The van der Waals surface area contributed by atoms with E-state index < -0.39 is 5.60 Å². The number of ether oxygens (including phenoxy) is 1. The van der Waals surface area contributed by atoms with Crippen LogP contribution in [0.3, 0.4) is 0 Å². The van der Waals surface area contributed by atoms with Gasteiger partial charge in [-0.15, -0.1) is 0 Å². The summed E-state index contributed by atoms with van der Waals surface area (Å²) < 4.78 is 5.61. The summed E-state index contributed by atoms with van der Waals surface area (Å²) >= 11 is 0. The monoisotopic (exact) mass is 361 g/mol. The van der Waals surface area contributed by atoms with Crippen LogP contribution >= 0.6 is 0 Å². The number of hydrogen-bond acceptors (Lipinski definition) is 3. The second-order valence-electron chi connectivity index (χ2n) is 7.24. The molecule has 1 atom stereocenters. The molecule has 0 aromatic heterocycles. The van der Waals surface area contributed by atoms with E-state index in [2.05, 4.69) is 11.4 Å². The Hall–Kier alpha value is -2.85. The van der Waals surface area contributed by atoms with Gasteiger partial charge in [0.2, 0.25) is 0 Å². The van der Waals surface area contributed by atoms with Gasteiger partial charge in [-0.25, -0.2) is 0 Å². The Morgan fingerprint density at radius 3 is 2.59 bits per heavy atom. The molecule has 138 valence electrons. The molecule has 4 rings (SSSR count). The van der Waals surface area contributed by atoms with Crippen LogP contribution in [-0.2, 0) is 17.6 Å². The quantitative estimate of drug-likeness (QED) is 0.733. The first-order valence-electron chi connectivity index (χ1n) is 9.29. The Morgan fingerprint density at radius 1 is 1.00 bits per heavy atom. The molecular weight excluding hydrogens is 338 g/mol. The van der Waals surface area contributed by atoms with Crippen molar-refractivity contribution in [1.82, 2.24) is 5.32 Å². The van der Waals surface area contributed by atoms with Gasteiger partial charge in [0, 0.05) is 13.0 Å². The number of nitrogens with one attached hydrogen (secondary N) is 1. The van der Waals surface area contributed by atoms with Gasteiger partial charge in [-0.05, 0) is 46.9 Å². The van der Waals surface area contributed by atoms with Crippen LogP contribution in [0.2, 0.25) is 0 Å². The molecule has 0 heterocycles. The van der Waals surface area contributed by atoms with Gasteiger partial charge in [0.05, 0.1) is 5.60 Å². The van der Waals surface area contributed by atoms with Crippen molar-refractivity contribution in [2.24, 2.45) is 0 Å². The predicted molar refractivity (Wildman–Crippen MR) is 106 cm³/mol. The van der Waals surface area contributed by atoms with Crippen molar-refractivity contribution in [3.8, 4) is 5.75 Å². The molecule has 0 aliphatic heterocycles. The maximum Gasteiger partial charge on any atom is 0.258 e. The van der Waals surface area contributed by atoms with Crippen LogP contribution in [0.4, 0.5) is 0 Å². The number of hydrogen-bond donors (Lipinski definition) is 2. The lowest BCUT2D eigenvalue weighted by Gasteiger charge is -2.33. The molecule has 3 aromatic rings. The van der Waals surface area contributed by atoms with E-state index in [9.17, 15) is 9.90 Å². The number of aliphatic hydroxyl groups is 1. The van der Waals surface area contributed by atoms with Crippen LogP contribution in [0, 0.1) is 0 Å². The number of benzene rings is 3. The highest BCUT2D eigenvalue weighted by molar-refractivity contribution is 5.84. The highest BCUT2D eigenvalue weighted by atomic mass is 16.5. The van der Waals surface area contributed by atoms with E-state index in [-0.39, 0.29) is 19.1 Å². The van der Waals surface area contributed by atoms with Gasteiger partial charge in [0.25, 0.3) is 5.91 Å². The minimum absolute atomic E-state index is 0.0645. The minimum atomic E-state index is -0.896. The zero-order valence-corrected chi connectivity index (χ0v) is 15.2. The van der Waals surface area contributed by atoms with Crippen LogP contribution in [0.1, 0.15) is 17.5 Å². The summed E-state index contributed by atoms with van der Waals surface area (Å²) in [5.74, 6) is 0.435. The molecule has 0 radical (unpaired) electrons. The second kappa shape index (κ2) is 7.41. The molecule has 1 aliphatic rings. The summed E-state index contributed by atoms with van der Waals surface area (Å²) in [4.78, 5) is 12.2. The molecular formula is C23H23NO3. The topological polar surface area (TPSA) is 58.6 Å². The number of fused-ring (bicyclic) bond motifs is 2. The SMILES string of the molecule is O=C(COc1ccc2ccccc2c1)NCC1(O)CCc2ccccc2C1. The first-order chi connectivity index (χ1) is 13.1. The second-order valence-corrected chi connectivity index (χ2v) is 7.24. The van der Waals surface area contributed by atoms with Crippen molar-refractivity contribution in [1.29, 1.82) is 0 Å². The zero-order chi connectivity index (χ0) is 18.7. The molecule has 27 heavy (non-hydrogen) atoms. The number of carbonyl (C=O) groups is 1. The summed E-state index contributed by atoms with van der Waals surface area (Å²) in [5.41, 5.74) is 1.55. The molecule has 1 amide bonds. The normalized spacial score (nSPS) is 18.7. The standard InChI is InChI=1S/C23H23NO3/c25-22(15-27-21-10-9-17-5-1-3-7-19(17)13-21)24-16-23(26)12-11-18-6-2-4-8-20(18)14-23/h1-10,13,26H,11-12,14-16H2,(H,24,25). The molecule has 2 N–H and O–H groups in total. The van der Waals surface area contributed by atoms with Crippen molar-refractivity contribution in [3.05, 3.63) is 77.9 Å². The molecule has 0 bridgehead atoms. The van der Waals surface area contributed by atoms with Crippen LogP contribution in [0.15, 0.2) is 66.7 Å². The average Bonchev–Trinajstić information content (AvgIpc) is 2.70. The summed E-state index contributed by atoms with van der Waals surface area (Å²) in [7, 11) is 0. The molecule has 0 fully saturated rings. The Labute approximate surface area is 158 Å². The zero-order valence-electron chi connectivity index (χ0n) is 15.2. The fourth-order valence-corrected chi connectivity index (χ4v) is 3.66. The fraction of sp³-hybridized carbons (Fsp3) is 0.261. The molecule has 0 saturated heterocycles. The van der Waals surface area contributed by atoms with Crippen molar-refractivity contribution < 1.29 is 14.6 Å². The van der Waals surface area contributed by atoms with E-state index in [1.165, 1.54) is 5.56 Å². The van der Waals surface area contributed by atoms with Crippen molar-refractivity contribution >= 4 is 16.7 Å².